The molecule has 4 rings (SSSR count). The Morgan fingerprint density at radius 3 is 2.61 bits per heavy atom. The lowest BCUT2D eigenvalue weighted by Crippen LogP contribution is -2.43. The number of carbonyl (C=O) groups is 2. The molecule has 2 aliphatic heterocycles. The van der Waals surface area contributed by atoms with Crippen LogP contribution in [0.25, 0.3) is 0 Å². The monoisotopic (exact) mass is 473 g/mol. The second kappa shape index (κ2) is 8.87. The predicted octanol–water partition coefficient (Wildman–Crippen LogP) is 3.47. The first kappa shape index (κ1) is 23.4. The Morgan fingerprint density at radius 2 is 1.91 bits per heavy atom. The maximum atomic E-state index is 13.8. The number of rotatable bonds is 4. The number of piperidine rings is 1. The van der Waals surface area contributed by atoms with E-state index < -0.39 is 21.8 Å². The molecule has 7 nitrogen and oxygen atoms in total. The van der Waals surface area contributed by atoms with Gasteiger partial charge in [-0.15, -0.1) is 0 Å². The first-order valence-electron chi connectivity index (χ1n) is 11.1. The molecule has 2 aromatic rings. The van der Waals surface area contributed by atoms with E-state index in [1.165, 1.54) is 23.4 Å². The number of nitrogens with one attached hydrogen (secondary N) is 1. The lowest BCUT2D eigenvalue weighted by Gasteiger charge is -2.31. The summed E-state index contributed by atoms with van der Waals surface area (Å²) in [6.07, 6.45) is 1.71. The first-order chi connectivity index (χ1) is 15.6. The summed E-state index contributed by atoms with van der Waals surface area (Å²) >= 11 is 0. The molecule has 2 aliphatic rings. The Balaban J connectivity index is 1.51. The van der Waals surface area contributed by atoms with Gasteiger partial charge in [-0.3, -0.25) is 9.59 Å². The van der Waals surface area contributed by atoms with Crippen molar-refractivity contribution in [3.63, 3.8) is 0 Å². The van der Waals surface area contributed by atoms with E-state index in [4.69, 9.17) is 0 Å². The molecule has 1 N–H and O–H groups in total. The zero-order valence-electron chi connectivity index (χ0n) is 19.0. The zero-order valence-corrected chi connectivity index (χ0v) is 19.8. The van der Waals surface area contributed by atoms with Crippen molar-refractivity contribution in [2.45, 2.75) is 51.0 Å². The standard InChI is InChI=1S/C24H28FN3O4S/c1-15-6-7-20(13-22(15)25)26-24(30)18-5-4-10-27(14-18)33(31,32)21-8-9-23-19(12-21)11-16(2)28(23)17(3)29/h6-9,12-13,16,18H,4-5,10-11,14H2,1-3H3,(H,26,30). The van der Waals surface area contributed by atoms with Gasteiger partial charge in [-0.05, 0) is 74.6 Å². The molecular weight excluding hydrogens is 445 g/mol. The van der Waals surface area contributed by atoms with Gasteiger partial charge < -0.3 is 10.2 Å². The van der Waals surface area contributed by atoms with Crippen LogP contribution in [0.1, 0.15) is 37.8 Å². The van der Waals surface area contributed by atoms with E-state index >= 15 is 0 Å². The number of hydrogen-bond acceptors (Lipinski definition) is 4. The molecule has 33 heavy (non-hydrogen) atoms. The van der Waals surface area contributed by atoms with Crippen molar-refractivity contribution < 1.29 is 22.4 Å². The van der Waals surface area contributed by atoms with Crippen molar-refractivity contribution in [1.29, 1.82) is 0 Å². The van der Waals surface area contributed by atoms with Crippen molar-refractivity contribution in [3.8, 4) is 0 Å². The molecular formula is C24H28FN3O4S. The molecule has 176 valence electrons. The molecule has 2 heterocycles. The van der Waals surface area contributed by atoms with Crippen molar-refractivity contribution in [3.05, 3.63) is 53.3 Å². The van der Waals surface area contributed by atoms with Crippen molar-refractivity contribution in [2.75, 3.05) is 23.3 Å². The van der Waals surface area contributed by atoms with Crippen LogP contribution in [0.2, 0.25) is 0 Å². The number of halogens is 1. The fourth-order valence-corrected chi connectivity index (χ4v) is 6.26. The van der Waals surface area contributed by atoms with Crippen molar-refractivity contribution in [1.82, 2.24) is 4.31 Å². The Kier molecular flexibility index (Phi) is 6.28. The molecule has 2 aromatic carbocycles. The average molecular weight is 474 g/mol. The van der Waals surface area contributed by atoms with E-state index in [0.29, 0.717) is 37.1 Å². The first-order valence-corrected chi connectivity index (χ1v) is 12.5. The lowest BCUT2D eigenvalue weighted by atomic mass is 9.98. The van der Waals surface area contributed by atoms with Gasteiger partial charge in [0.2, 0.25) is 21.8 Å². The average Bonchev–Trinajstić information content (AvgIpc) is 3.11. The van der Waals surface area contributed by atoms with Crippen LogP contribution in [-0.2, 0) is 26.0 Å². The van der Waals surface area contributed by atoms with Crippen molar-refractivity contribution in [2.24, 2.45) is 5.92 Å². The van der Waals surface area contributed by atoms with E-state index in [-0.39, 0.29) is 29.3 Å². The highest BCUT2D eigenvalue weighted by Crippen LogP contribution is 2.35. The second-order valence-electron chi connectivity index (χ2n) is 8.89. The minimum atomic E-state index is -3.80. The van der Waals surface area contributed by atoms with Crippen molar-refractivity contribution >= 4 is 33.2 Å². The Hall–Kier alpha value is -2.78. The number of fused-ring (bicyclic) bond motifs is 1. The fourth-order valence-electron chi connectivity index (χ4n) is 4.69. The summed E-state index contributed by atoms with van der Waals surface area (Å²) < 4.78 is 41.9. The molecule has 0 radical (unpaired) electrons. The molecule has 0 aliphatic carbocycles. The maximum absolute atomic E-state index is 13.8. The number of benzene rings is 2. The van der Waals surface area contributed by atoms with Gasteiger partial charge in [-0.1, -0.05) is 6.07 Å². The largest absolute Gasteiger partial charge is 0.326 e. The minimum absolute atomic E-state index is 0.0230. The van der Waals surface area contributed by atoms with Gasteiger partial charge in [0.05, 0.1) is 10.8 Å². The van der Waals surface area contributed by atoms with Crippen LogP contribution in [0.4, 0.5) is 15.8 Å². The summed E-state index contributed by atoms with van der Waals surface area (Å²) in [6, 6.07) is 9.32. The molecule has 0 spiro atoms. The van der Waals surface area contributed by atoms with Crippen LogP contribution in [0.15, 0.2) is 41.3 Å². The normalized spacial score (nSPS) is 21.0. The number of aryl methyl sites for hydroxylation is 1. The number of nitrogens with zero attached hydrogens (tertiary/aromatic N) is 2. The van der Waals surface area contributed by atoms with Gasteiger partial charge in [0, 0.05) is 37.4 Å². The summed E-state index contributed by atoms with van der Waals surface area (Å²) in [6.45, 7) is 5.47. The molecule has 2 amide bonds. The highest BCUT2D eigenvalue weighted by Gasteiger charge is 2.35. The number of amides is 2. The SMILES string of the molecule is CC(=O)N1c2ccc(S(=O)(=O)N3CCCC(C(=O)Nc4ccc(C)c(F)c4)C3)cc2CC1C. The Morgan fingerprint density at radius 1 is 1.15 bits per heavy atom. The molecule has 0 bridgehead atoms. The van der Waals surface area contributed by atoms with Crippen LogP contribution >= 0.6 is 0 Å². The smallest absolute Gasteiger partial charge is 0.243 e. The summed E-state index contributed by atoms with van der Waals surface area (Å²) in [5.74, 6) is -1.33. The fraction of sp³-hybridized carbons (Fsp3) is 0.417. The molecule has 0 saturated carbocycles. The molecule has 1 fully saturated rings. The second-order valence-corrected chi connectivity index (χ2v) is 10.8. The third kappa shape index (κ3) is 4.52. The highest BCUT2D eigenvalue weighted by molar-refractivity contribution is 7.89. The lowest BCUT2D eigenvalue weighted by molar-refractivity contribution is -0.121. The van der Waals surface area contributed by atoms with E-state index in [0.717, 1.165) is 11.3 Å². The highest BCUT2D eigenvalue weighted by atomic mass is 32.2. The Bertz CT molecular complexity index is 1210. The van der Waals surface area contributed by atoms with E-state index in [9.17, 15) is 22.4 Å². The summed E-state index contributed by atoms with van der Waals surface area (Å²) in [4.78, 5) is 26.6. The van der Waals surface area contributed by atoms with Gasteiger partial charge in [0.1, 0.15) is 5.82 Å². The number of hydrogen-bond donors (Lipinski definition) is 1. The van der Waals surface area contributed by atoms with Crippen LogP contribution in [-0.4, -0.2) is 43.7 Å². The number of carbonyl (C=O) groups excluding carboxylic acids is 2. The summed E-state index contributed by atoms with van der Waals surface area (Å²) in [5.41, 5.74) is 2.41. The quantitative estimate of drug-likeness (QED) is 0.737. The van der Waals surface area contributed by atoms with E-state index in [1.54, 1.807) is 36.1 Å². The van der Waals surface area contributed by atoms with Gasteiger partial charge in [-0.2, -0.15) is 4.31 Å². The minimum Gasteiger partial charge on any atom is -0.326 e. The van der Waals surface area contributed by atoms with Gasteiger partial charge in [0.25, 0.3) is 0 Å². The molecule has 0 aromatic heterocycles. The summed E-state index contributed by atoms with van der Waals surface area (Å²) in [7, 11) is -3.80. The third-order valence-corrected chi connectivity index (χ3v) is 8.30. The maximum Gasteiger partial charge on any atom is 0.243 e. The van der Waals surface area contributed by atoms with E-state index in [2.05, 4.69) is 5.32 Å². The van der Waals surface area contributed by atoms with Crippen LogP contribution in [0.5, 0.6) is 0 Å². The molecule has 2 unspecified atom stereocenters. The molecule has 1 saturated heterocycles. The number of anilines is 2. The van der Waals surface area contributed by atoms with Gasteiger partial charge in [-0.25, -0.2) is 12.8 Å². The van der Waals surface area contributed by atoms with Crippen LogP contribution in [0, 0.1) is 18.7 Å². The van der Waals surface area contributed by atoms with Gasteiger partial charge >= 0.3 is 0 Å². The van der Waals surface area contributed by atoms with Crippen LogP contribution < -0.4 is 10.2 Å². The van der Waals surface area contributed by atoms with Crippen LogP contribution in [0.3, 0.4) is 0 Å². The van der Waals surface area contributed by atoms with E-state index in [1.807, 2.05) is 6.92 Å². The zero-order chi connectivity index (χ0) is 23.9. The third-order valence-electron chi connectivity index (χ3n) is 6.44. The van der Waals surface area contributed by atoms with Gasteiger partial charge in [0.15, 0.2) is 0 Å². The Labute approximate surface area is 193 Å². The predicted molar refractivity (Wildman–Crippen MR) is 124 cm³/mol. The molecule has 9 heteroatoms. The topological polar surface area (TPSA) is 86.8 Å². The summed E-state index contributed by atoms with van der Waals surface area (Å²) in [5, 5.41) is 2.71. The molecule has 2 atom stereocenters. The number of sulfonamides is 1.